The Morgan fingerprint density at radius 2 is 2.00 bits per heavy atom. The number of carbonyl (C=O) groups is 1. The molecule has 0 spiro atoms. The predicted octanol–water partition coefficient (Wildman–Crippen LogP) is 1.11. The molecule has 0 bridgehead atoms. The van der Waals surface area contributed by atoms with Crippen molar-refractivity contribution in [3.8, 4) is 23.1 Å². The van der Waals surface area contributed by atoms with Crippen LogP contribution in [0.3, 0.4) is 0 Å². The first kappa shape index (κ1) is 15.5. The van der Waals surface area contributed by atoms with Crippen LogP contribution in [-0.2, 0) is 11.2 Å². The molecule has 2 aromatic carbocycles. The number of nitriles is 1. The van der Waals surface area contributed by atoms with E-state index < -0.39 is 5.91 Å². The summed E-state index contributed by atoms with van der Waals surface area (Å²) < 4.78 is 1.60. The van der Waals surface area contributed by atoms with Crippen LogP contribution in [0.15, 0.2) is 42.5 Å². The van der Waals surface area contributed by atoms with Crippen molar-refractivity contribution in [2.75, 3.05) is 0 Å². The highest BCUT2D eigenvalue weighted by Crippen LogP contribution is 2.27. The van der Waals surface area contributed by atoms with Gasteiger partial charge in [0.05, 0.1) is 23.7 Å². The molecule has 0 atom stereocenters. The fraction of sp³-hybridized carbons (Fsp3) is 0.0588. The summed E-state index contributed by atoms with van der Waals surface area (Å²) in [6.45, 7) is 0. The lowest BCUT2D eigenvalue weighted by Crippen LogP contribution is -2.14. The molecular formula is C17H12N8O. The summed E-state index contributed by atoms with van der Waals surface area (Å²) >= 11 is 0. The Balaban J connectivity index is 1.92. The number of rotatable bonds is 4. The number of nitrogens with one attached hydrogen (secondary N) is 1. The summed E-state index contributed by atoms with van der Waals surface area (Å²) in [7, 11) is 0. The molecule has 0 unspecified atom stereocenters. The van der Waals surface area contributed by atoms with Crippen LogP contribution in [0.4, 0.5) is 0 Å². The second kappa shape index (κ2) is 6.10. The number of hydrogen-bond acceptors (Lipinski definition) is 6. The van der Waals surface area contributed by atoms with Gasteiger partial charge in [0.15, 0.2) is 11.6 Å². The summed E-state index contributed by atoms with van der Waals surface area (Å²) in [6.07, 6.45) is -0.0783. The minimum atomic E-state index is -0.520. The summed E-state index contributed by atoms with van der Waals surface area (Å²) in [5.74, 6) is 0.288. The lowest BCUT2D eigenvalue weighted by Gasteiger charge is -2.06. The maximum absolute atomic E-state index is 11.3. The standard InChI is InChI=1S/C17H12N8O/c18-9-10-4-6-11(7-5-10)25-17(20-15(23-25)8-14(19)26)12-2-1-3-13-16(12)22-24-21-13/h1-7H,8H2,(H2,19,26)(H,21,22,24). The molecule has 9 nitrogen and oxygen atoms in total. The molecule has 3 N–H and O–H groups in total. The molecule has 1 amide bonds. The van der Waals surface area contributed by atoms with Gasteiger partial charge in [0, 0.05) is 5.56 Å². The molecule has 2 aromatic heterocycles. The van der Waals surface area contributed by atoms with E-state index in [1.165, 1.54) is 0 Å². The van der Waals surface area contributed by atoms with Gasteiger partial charge in [-0.3, -0.25) is 4.79 Å². The molecule has 0 saturated heterocycles. The average molecular weight is 344 g/mol. The highest BCUT2D eigenvalue weighted by molar-refractivity contribution is 5.89. The minimum Gasteiger partial charge on any atom is -0.369 e. The SMILES string of the molecule is N#Cc1ccc(-n2nc(CC(N)=O)nc2-c2cccc3n[nH]nc23)cc1. The molecule has 0 aliphatic heterocycles. The number of aromatic nitrogens is 6. The normalized spacial score (nSPS) is 10.7. The molecule has 9 heteroatoms. The summed E-state index contributed by atoms with van der Waals surface area (Å²) in [4.78, 5) is 15.8. The minimum absolute atomic E-state index is 0.0783. The Morgan fingerprint density at radius 1 is 1.19 bits per heavy atom. The quantitative estimate of drug-likeness (QED) is 0.568. The third-order valence-corrected chi connectivity index (χ3v) is 3.81. The van der Waals surface area contributed by atoms with Gasteiger partial charge < -0.3 is 5.73 Å². The third kappa shape index (κ3) is 2.65. The molecule has 0 aliphatic carbocycles. The number of H-pyrrole nitrogens is 1. The molecule has 4 rings (SSSR count). The maximum atomic E-state index is 11.3. The van der Waals surface area contributed by atoms with E-state index >= 15 is 0 Å². The van der Waals surface area contributed by atoms with E-state index in [4.69, 9.17) is 11.0 Å². The Morgan fingerprint density at radius 3 is 2.73 bits per heavy atom. The number of hydrogen-bond donors (Lipinski definition) is 2. The lowest BCUT2D eigenvalue weighted by molar-refractivity contribution is -0.117. The van der Waals surface area contributed by atoms with Crippen LogP contribution in [0.25, 0.3) is 28.1 Å². The van der Waals surface area contributed by atoms with Crippen molar-refractivity contribution >= 4 is 16.9 Å². The van der Waals surface area contributed by atoms with Crippen LogP contribution in [-0.4, -0.2) is 36.1 Å². The molecular weight excluding hydrogens is 332 g/mol. The maximum Gasteiger partial charge on any atom is 0.225 e. The first-order valence-electron chi connectivity index (χ1n) is 7.70. The van der Waals surface area contributed by atoms with Gasteiger partial charge in [0.1, 0.15) is 11.0 Å². The number of para-hydroxylation sites is 1. The van der Waals surface area contributed by atoms with Crippen molar-refractivity contribution in [2.45, 2.75) is 6.42 Å². The van der Waals surface area contributed by atoms with Gasteiger partial charge in [0.25, 0.3) is 0 Å². The van der Waals surface area contributed by atoms with E-state index in [-0.39, 0.29) is 6.42 Å². The second-order valence-electron chi connectivity index (χ2n) is 5.56. The van der Waals surface area contributed by atoms with Gasteiger partial charge >= 0.3 is 0 Å². The Labute approximate surface area is 147 Å². The number of primary amides is 1. The van der Waals surface area contributed by atoms with Crippen LogP contribution in [0.1, 0.15) is 11.4 Å². The van der Waals surface area contributed by atoms with Gasteiger partial charge in [-0.1, -0.05) is 6.07 Å². The molecule has 26 heavy (non-hydrogen) atoms. The number of nitrogens with two attached hydrogens (primary N) is 1. The smallest absolute Gasteiger partial charge is 0.225 e. The topological polar surface area (TPSA) is 139 Å². The third-order valence-electron chi connectivity index (χ3n) is 3.81. The highest BCUT2D eigenvalue weighted by atomic mass is 16.1. The van der Waals surface area contributed by atoms with Crippen LogP contribution < -0.4 is 5.73 Å². The molecule has 0 aliphatic rings. The zero-order valence-corrected chi connectivity index (χ0v) is 13.4. The van der Waals surface area contributed by atoms with Crippen molar-refractivity contribution < 1.29 is 4.79 Å². The van der Waals surface area contributed by atoms with E-state index in [0.717, 1.165) is 0 Å². The number of benzene rings is 2. The van der Waals surface area contributed by atoms with Crippen LogP contribution >= 0.6 is 0 Å². The Hall–Kier alpha value is -4.06. The van der Waals surface area contributed by atoms with Crippen LogP contribution in [0.5, 0.6) is 0 Å². The van der Waals surface area contributed by atoms with E-state index in [1.807, 2.05) is 18.2 Å². The lowest BCUT2D eigenvalue weighted by atomic mass is 10.1. The highest BCUT2D eigenvalue weighted by Gasteiger charge is 2.18. The van der Waals surface area contributed by atoms with Gasteiger partial charge in [-0.25, -0.2) is 9.67 Å². The fourth-order valence-corrected chi connectivity index (χ4v) is 2.67. The summed E-state index contributed by atoms with van der Waals surface area (Å²) in [6, 6.07) is 14.5. The van der Waals surface area contributed by atoms with E-state index in [9.17, 15) is 4.79 Å². The van der Waals surface area contributed by atoms with Crippen molar-refractivity contribution in [2.24, 2.45) is 5.73 Å². The van der Waals surface area contributed by atoms with Crippen LogP contribution in [0, 0.1) is 11.3 Å². The molecule has 126 valence electrons. The predicted molar refractivity (Wildman–Crippen MR) is 91.9 cm³/mol. The molecule has 4 aromatic rings. The van der Waals surface area contributed by atoms with E-state index in [1.54, 1.807) is 28.9 Å². The van der Waals surface area contributed by atoms with Gasteiger partial charge in [-0.15, -0.1) is 0 Å². The molecule has 0 fully saturated rings. The molecule has 0 radical (unpaired) electrons. The molecule has 0 saturated carbocycles. The van der Waals surface area contributed by atoms with Gasteiger partial charge in [-0.05, 0) is 36.4 Å². The fourth-order valence-electron chi connectivity index (χ4n) is 2.67. The first-order chi connectivity index (χ1) is 12.7. The Kier molecular flexibility index (Phi) is 3.63. The second-order valence-corrected chi connectivity index (χ2v) is 5.56. The van der Waals surface area contributed by atoms with Crippen molar-refractivity contribution in [1.29, 1.82) is 5.26 Å². The first-order valence-corrected chi connectivity index (χ1v) is 7.70. The van der Waals surface area contributed by atoms with Crippen LogP contribution in [0.2, 0.25) is 0 Å². The zero-order valence-electron chi connectivity index (χ0n) is 13.4. The van der Waals surface area contributed by atoms with Crippen molar-refractivity contribution in [3.63, 3.8) is 0 Å². The van der Waals surface area contributed by atoms with E-state index in [2.05, 4.69) is 31.6 Å². The Bertz CT molecular complexity index is 1150. The average Bonchev–Trinajstić information content (AvgIpc) is 3.28. The zero-order chi connectivity index (χ0) is 18.1. The summed E-state index contributed by atoms with van der Waals surface area (Å²) in [5, 5.41) is 24.2. The number of carbonyl (C=O) groups excluding carboxylic acids is 1. The van der Waals surface area contributed by atoms with Gasteiger partial charge in [0.2, 0.25) is 5.91 Å². The number of aromatic amines is 1. The number of fused-ring (bicyclic) bond motifs is 1. The summed E-state index contributed by atoms with van der Waals surface area (Å²) in [5.41, 5.74) is 8.55. The number of nitrogens with zero attached hydrogens (tertiary/aromatic N) is 6. The largest absolute Gasteiger partial charge is 0.369 e. The number of amides is 1. The van der Waals surface area contributed by atoms with E-state index in [0.29, 0.717) is 39.5 Å². The van der Waals surface area contributed by atoms with Crippen molar-refractivity contribution in [3.05, 3.63) is 53.9 Å². The van der Waals surface area contributed by atoms with Crippen molar-refractivity contribution in [1.82, 2.24) is 30.2 Å². The molecule has 2 heterocycles. The van der Waals surface area contributed by atoms with Gasteiger partial charge in [-0.2, -0.15) is 25.8 Å². The monoisotopic (exact) mass is 344 g/mol.